The second-order valence-electron chi connectivity index (χ2n) is 9.96. The summed E-state index contributed by atoms with van der Waals surface area (Å²) in [4.78, 5) is 14.5. The molecule has 180 valence electrons. The van der Waals surface area contributed by atoms with Crippen LogP contribution in [-0.4, -0.2) is 39.7 Å². The number of rotatable bonds is 5. The van der Waals surface area contributed by atoms with E-state index in [0.717, 1.165) is 44.5 Å². The van der Waals surface area contributed by atoms with Gasteiger partial charge in [-0.3, -0.25) is 14.4 Å². The molecule has 3 atom stereocenters. The number of nitrogens with two attached hydrogens (primary N) is 1. The lowest BCUT2D eigenvalue weighted by atomic mass is 9.62. The SMILES string of the molecule is N#C[C@H]1C[C@@H](N2CC3(CCC3)C2)CC[C@@H]1n1cc(C(N)=O)c(Nc2ccc(C(F)(F)F)cc2)n1. The van der Waals surface area contributed by atoms with Gasteiger partial charge in [0.05, 0.1) is 23.6 Å². The first kappa shape index (κ1) is 22.7. The Kier molecular flexibility index (Phi) is 5.55. The van der Waals surface area contributed by atoms with Crippen molar-refractivity contribution < 1.29 is 18.0 Å². The molecule has 1 aliphatic heterocycles. The lowest BCUT2D eigenvalue weighted by molar-refractivity contribution is -0.137. The molecule has 1 amide bonds. The van der Waals surface area contributed by atoms with Crippen molar-refractivity contribution in [1.82, 2.24) is 14.7 Å². The molecular weight excluding hydrogens is 445 g/mol. The molecule has 2 aromatic rings. The van der Waals surface area contributed by atoms with Crippen LogP contribution in [0, 0.1) is 22.7 Å². The highest BCUT2D eigenvalue weighted by Gasteiger charge is 2.50. The van der Waals surface area contributed by atoms with E-state index in [0.29, 0.717) is 17.1 Å². The van der Waals surface area contributed by atoms with Crippen molar-refractivity contribution in [2.75, 3.05) is 18.4 Å². The fourth-order valence-electron chi connectivity index (χ4n) is 5.70. The van der Waals surface area contributed by atoms with Gasteiger partial charge in [0, 0.05) is 31.0 Å². The second-order valence-corrected chi connectivity index (χ2v) is 9.96. The third-order valence-corrected chi connectivity index (χ3v) is 7.77. The van der Waals surface area contributed by atoms with Crippen LogP contribution in [0.15, 0.2) is 30.5 Å². The summed E-state index contributed by atoms with van der Waals surface area (Å²) in [5.74, 6) is -0.786. The van der Waals surface area contributed by atoms with Gasteiger partial charge in [0.25, 0.3) is 5.91 Å². The molecule has 34 heavy (non-hydrogen) atoms. The molecule has 10 heteroatoms. The van der Waals surface area contributed by atoms with Gasteiger partial charge in [0.1, 0.15) is 5.56 Å². The molecule has 2 heterocycles. The molecule has 1 aromatic carbocycles. The average molecular weight is 473 g/mol. The maximum Gasteiger partial charge on any atom is 0.416 e. The first-order valence-electron chi connectivity index (χ1n) is 11.6. The van der Waals surface area contributed by atoms with E-state index >= 15 is 0 Å². The van der Waals surface area contributed by atoms with Gasteiger partial charge in [0.15, 0.2) is 5.82 Å². The summed E-state index contributed by atoms with van der Waals surface area (Å²) in [7, 11) is 0. The number of hydrogen-bond acceptors (Lipinski definition) is 5. The predicted molar refractivity (Wildman–Crippen MR) is 119 cm³/mol. The zero-order valence-electron chi connectivity index (χ0n) is 18.7. The number of benzene rings is 1. The van der Waals surface area contributed by atoms with Crippen molar-refractivity contribution in [2.45, 2.75) is 56.8 Å². The van der Waals surface area contributed by atoms with E-state index in [1.165, 1.54) is 37.6 Å². The fourth-order valence-corrected chi connectivity index (χ4v) is 5.70. The number of likely N-dealkylation sites (tertiary alicyclic amines) is 1. The summed E-state index contributed by atoms with van der Waals surface area (Å²) in [5, 5.41) is 17.3. The summed E-state index contributed by atoms with van der Waals surface area (Å²) in [6, 6.07) is 7.10. The first-order valence-corrected chi connectivity index (χ1v) is 11.6. The van der Waals surface area contributed by atoms with Crippen molar-refractivity contribution in [3.8, 4) is 6.07 Å². The Morgan fingerprint density at radius 1 is 1.21 bits per heavy atom. The van der Waals surface area contributed by atoms with E-state index < -0.39 is 17.6 Å². The molecule has 3 fully saturated rings. The standard InChI is InChI=1S/C24H27F3N6O/c25-24(26,27)16-2-4-17(5-3-16)30-22-19(21(29)34)12-33(31-22)20-7-6-18(10-15(20)11-28)32-13-23(14-32)8-1-9-23/h2-5,12,15,18,20H,1,6-10,13-14H2,(H2,29,34)(H,30,31)/t15-,18+,20+/m1/s1. The summed E-state index contributed by atoms with van der Waals surface area (Å²) < 4.78 is 40.1. The van der Waals surface area contributed by atoms with E-state index in [9.17, 15) is 23.2 Å². The molecule has 7 nitrogen and oxygen atoms in total. The zero-order chi connectivity index (χ0) is 24.1. The number of nitriles is 1. The van der Waals surface area contributed by atoms with Crippen LogP contribution in [0.3, 0.4) is 0 Å². The maximum absolute atomic E-state index is 12.8. The first-order chi connectivity index (χ1) is 16.2. The minimum absolute atomic E-state index is 0.133. The molecule has 3 N–H and O–H groups in total. The van der Waals surface area contributed by atoms with Crippen molar-refractivity contribution in [3.05, 3.63) is 41.6 Å². The van der Waals surface area contributed by atoms with Crippen LogP contribution in [0.2, 0.25) is 0 Å². The van der Waals surface area contributed by atoms with Gasteiger partial charge in [-0.05, 0) is 61.8 Å². The number of hydrogen-bond donors (Lipinski definition) is 2. The monoisotopic (exact) mass is 472 g/mol. The molecule has 2 aliphatic carbocycles. The Balaban J connectivity index is 1.30. The number of nitrogens with one attached hydrogen (secondary N) is 1. The van der Waals surface area contributed by atoms with Gasteiger partial charge in [-0.25, -0.2) is 0 Å². The third kappa shape index (κ3) is 4.13. The topological polar surface area (TPSA) is 100.0 Å². The summed E-state index contributed by atoms with van der Waals surface area (Å²) in [6.07, 6.45) is 3.53. The Morgan fingerprint density at radius 3 is 2.47 bits per heavy atom. The van der Waals surface area contributed by atoms with Crippen molar-refractivity contribution in [3.63, 3.8) is 0 Å². The van der Waals surface area contributed by atoms with Gasteiger partial charge >= 0.3 is 6.18 Å². The quantitative estimate of drug-likeness (QED) is 0.669. The van der Waals surface area contributed by atoms with E-state index in [-0.39, 0.29) is 23.3 Å². The number of carbonyl (C=O) groups excluding carboxylic acids is 1. The molecular formula is C24H27F3N6O. The second kappa shape index (κ2) is 8.31. The molecule has 1 aromatic heterocycles. The number of primary amides is 1. The number of alkyl halides is 3. The number of nitrogens with zero attached hydrogens (tertiary/aromatic N) is 4. The Labute approximate surface area is 195 Å². The maximum atomic E-state index is 12.8. The van der Waals surface area contributed by atoms with Crippen LogP contribution >= 0.6 is 0 Å². The number of aromatic nitrogens is 2. The number of carbonyl (C=O) groups is 1. The van der Waals surface area contributed by atoms with Crippen molar-refractivity contribution in [2.24, 2.45) is 17.1 Å². The minimum atomic E-state index is -4.43. The molecule has 0 bridgehead atoms. The van der Waals surface area contributed by atoms with Crippen LogP contribution in [0.4, 0.5) is 24.7 Å². The summed E-state index contributed by atoms with van der Waals surface area (Å²) in [5.41, 5.74) is 5.79. The lowest BCUT2D eigenvalue weighted by Gasteiger charge is -2.59. The summed E-state index contributed by atoms with van der Waals surface area (Å²) >= 11 is 0. The van der Waals surface area contributed by atoms with Gasteiger partial charge in [0.2, 0.25) is 0 Å². The number of halogens is 3. The molecule has 0 unspecified atom stereocenters. The molecule has 3 aliphatic rings. The smallest absolute Gasteiger partial charge is 0.365 e. The zero-order valence-corrected chi connectivity index (χ0v) is 18.7. The highest BCUT2D eigenvalue weighted by atomic mass is 19.4. The van der Waals surface area contributed by atoms with Crippen LogP contribution in [-0.2, 0) is 6.18 Å². The van der Waals surface area contributed by atoms with Crippen molar-refractivity contribution >= 4 is 17.4 Å². The number of amides is 1. The van der Waals surface area contributed by atoms with Gasteiger partial charge in [-0.15, -0.1) is 0 Å². The largest absolute Gasteiger partial charge is 0.416 e. The van der Waals surface area contributed by atoms with Crippen molar-refractivity contribution in [1.29, 1.82) is 5.26 Å². The van der Waals surface area contributed by atoms with E-state index in [1.807, 2.05) is 0 Å². The molecule has 1 saturated heterocycles. The molecule has 2 saturated carbocycles. The predicted octanol–water partition coefficient (Wildman–Crippen LogP) is 4.46. The lowest BCUT2D eigenvalue weighted by Crippen LogP contribution is -2.63. The van der Waals surface area contributed by atoms with Gasteiger partial charge in [-0.1, -0.05) is 6.42 Å². The third-order valence-electron chi connectivity index (χ3n) is 7.77. The van der Waals surface area contributed by atoms with E-state index in [2.05, 4.69) is 21.4 Å². The Bertz CT molecular complexity index is 1110. The van der Waals surface area contributed by atoms with E-state index in [1.54, 1.807) is 4.68 Å². The molecule has 0 radical (unpaired) electrons. The highest BCUT2D eigenvalue weighted by Crippen LogP contribution is 2.50. The van der Waals surface area contributed by atoms with Crippen LogP contribution in [0.25, 0.3) is 0 Å². The summed E-state index contributed by atoms with van der Waals surface area (Å²) in [6.45, 7) is 2.27. The normalized spacial score (nSPS) is 26.4. The van der Waals surface area contributed by atoms with E-state index in [4.69, 9.17) is 5.73 Å². The fraction of sp³-hybridized carbons (Fsp3) is 0.542. The van der Waals surface area contributed by atoms with Gasteiger partial charge < -0.3 is 11.1 Å². The number of anilines is 2. The van der Waals surface area contributed by atoms with Crippen LogP contribution in [0.5, 0.6) is 0 Å². The Hall–Kier alpha value is -3.06. The Morgan fingerprint density at radius 2 is 1.91 bits per heavy atom. The minimum Gasteiger partial charge on any atom is -0.365 e. The van der Waals surface area contributed by atoms with Crippen LogP contribution < -0.4 is 11.1 Å². The van der Waals surface area contributed by atoms with Crippen LogP contribution in [0.1, 0.15) is 60.5 Å². The highest BCUT2D eigenvalue weighted by molar-refractivity contribution is 5.98. The molecule has 5 rings (SSSR count). The average Bonchev–Trinajstić information content (AvgIpc) is 3.15. The molecule has 1 spiro atoms. The van der Waals surface area contributed by atoms with Gasteiger partial charge in [-0.2, -0.15) is 23.5 Å².